The number of ketones is 1. The van der Waals surface area contributed by atoms with Crippen LogP contribution >= 0.6 is 31.9 Å². The molecule has 0 heterocycles. The zero-order valence-electron chi connectivity index (χ0n) is 12.0. The highest BCUT2D eigenvalue weighted by Gasteiger charge is 2.19. The number of carbonyl (C=O) groups is 1. The largest absolute Gasteiger partial charge is 0.292 e. The lowest BCUT2D eigenvalue weighted by atomic mass is 10.0. The average molecular weight is 411 g/mol. The average Bonchev–Trinajstić information content (AvgIpc) is 2.49. The molecule has 21 heavy (non-hydrogen) atoms. The molecule has 0 bridgehead atoms. The van der Waals surface area contributed by atoms with Gasteiger partial charge in [-0.1, -0.05) is 56.1 Å². The summed E-state index contributed by atoms with van der Waals surface area (Å²) in [5.41, 5.74) is 1.93. The van der Waals surface area contributed by atoms with Crippen LogP contribution in [0.25, 0.3) is 0 Å². The number of benzene rings is 2. The summed E-state index contributed by atoms with van der Waals surface area (Å²) in [6.07, 6.45) is 0. The second kappa shape index (κ2) is 7.34. The van der Waals surface area contributed by atoms with E-state index in [-0.39, 0.29) is 11.8 Å². The Morgan fingerprint density at radius 2 is 1.48 bits per heavy atom. The second-order valence-corrected chi connectivity index (χ2v) is 6.92. The van der Waals surface area contributed by atoms with E-state index >= 15 is 0 Å². The quantitative estimate of drug-likeness (QED) is 0.652. The smallest absolute Gasteiger partial charge is 0.179 e. The van der Waals surface area contributed by atoms with Crippen molar-refractivity contribution in [2.24, 2.45) is 0 Å². The van der Waals surface area contributed by atoms with Crippen LogP contribution in [-0.4, -0.2) is 23.8 Å². The number of Topliss-reactive ketones (excluding diaryl/α,β-unsaturated/α-hetero) is 1. The number of nitrogens with zero attached hydrogens (tertiary/aromatic N) is 1. The van der Waals surface area contributed by atoms with Crippen LogP contribution < -0.4 is 0 Å². The van der Waals surface area contributed by atoms with Crippen LogP contribution in [-0.2, 0) is 6.54 Å². The highest BCUT2D eigenvalue weighted by Crippen LogP contribution is 2.16. The molecule has 0 spiro atoms. The Bertz CT molecular complexity index is 608. The van der Waals surface area contributed by atoms with Gasteiger partial charge in [-0.2, -0.15) is 0 Å². The van der Waals surface area contributed by atoms with Gasteiger partial charge in [0.1, 0.15) is 0 Å². The molecule has 0 amide bonds. The molecule has 0 N–H and O–H groups in total. The third-order valence-electron chi connectivity index (χ3n) is 3.51. The highest BCUT2D eigenvalue weighted by molar-refractivity contribution is 9.10. The zero-order chi connectivity index (χ0) is 15.4. The maximum absolute atomic E-state index is 12.5. The maximum atomic E-state index is 12.5. The Morgan fingerprint density at radius 3 is 2.00 bits per heavy atom. The second-order valence-electron chi connectivity index (χ2n) is 5.09. The molecular weight excluding hydrogens is 394 g/mol. The topological polar surface area (TPSA) is 20.3 Å². The Morgan fingerprint density at radius 1 is 1.00 bits per heavy atom. The number of likely N-dealkylation sites (N-methyl/N-ethyl adjacent to an activating group) is 1. The molecule has 0 aliphatic rings. The minimum absolute atomic E-state index is 0.141. The van der Waals surface area contributed by atoms with Crippen LogP contribution in [0, 0.1) is 0 Å². The lowest BCUT2D eigenvalue weighted by molar-refractivity contribution is 0.0862. The zero-order valence-corrected chi connectivity index (χ0v) is 15.2. The van der Waals surface area contributed by atoms with Crippen molar-refractivity contribution in [1.82, 2.24) is 4.90 Å². The summed E-state index contributed by atoms with van der Waals surface area (Å²) in [5.74, 6) is 0.141. The first-order chi connectivity index (χ1) is 9.97. The van der Waals surface area contributed by atoms with E-state index in [0.29, 0.717) is 0 Å². The number of carbonyl (C=O) groups excluding carboxylic acids is 1. The first-order valence-electron chi connectivity index (χ1n) is 6.72. The number of hydrogen-bond acceptors (Lipinski definition) is 2. The Hall–Kier alpha value is -0.970. The van der Waals surface area contributed by atoms with E-state index in [0.717, 1.165) is 21.1 Å². The van der Waals surface area contributed by atoms with Crippen molar-refractivity contribution >= 4 is 37.6 Å². The third-order valence-corrected chi connectivity index (χ3v) is 4.57. The van der Waals surface area contributed by atoms with Crippen LogP contribution in [0.4, 0.5) is 0 Å². The van der Waals surface area contributed by atoms with Gasteiger partial charge >= 0.3 is 0 Å². The van der Waals surface area contributed by atoms with E-state index in [9.17, 15) is 4.79 Å². The number of halogens is 2. The maximum Gasteiger partial charge on any atom is 0.179 e. The predicted octanol–water partition coefficient (Wildman–Crippen LogP) is 4.91. The molecule has 2 rings (SSSR count). The van der Waals surface area contributed by atoms with E-state index < -0.39 is 0 Å². The van der Waals surface area contributed by atoms with Gasteiger partial charge in [-0.3, -0.25) is 9.69 Å². The van der Waals surface area contributed by atoms with E-state index in [1.54, 1.807) is 0 Å². The third kappa shape index (κ3) is 4.50. The standard InChI is InChI=1S/C17H17Br2NO/c1-12(17(21)14-5-9-16(19)10-6-14)20(2)11-13-3-7-15(18)8-4-13/h3-10,12H,11H2,1-2H3. The van der Waals surface area contributed by atoms with Gasteiger partial charge in [0.2, 0.25) is 0 Å². The van der Waals surface area contributed by atoms with E-state index in [4.69, 9.17) is 0 Å². The Labute approximate surface area is 142 Å². The van der Waals surface area contributed by atoms with Crippen LogP contribution in [0.5, 0.6) is 0 Å². The molecule has 1 unspecified atom stereocenters. The van der Waals surface area contributed by atoms with Gasteiger partial charge in [-0.05, 0) is 43.8 Å². The Kier molecular flexibility index (Phi) is 5.73. The van der Waals surface area contributed by atoms with Crippen LogP contribution in [0.15, 0.2) is 57.5 Å². The van der Waals surface area contributed by atoms with Gasteiger partial charge < -0.3 is 0 Å². The molecule has 0 fully saturated rings. The lowest BCUT2D eigenvalue weighted by Gasteiger charge is -2.23. The van der Waals surface area contributed by atoms with Crippen molar-refractivity contribution in [3.05, 3.63) is 68.6 Å². The molecule has 0 aromatic heterocycles. The molecule has 2 aromatic carbocycles. The van der Waals surface area contributed by atoms with Gasteiger partial charge in [-0.15, -0.1) is 0 Å². The fourth-order valence-corrected chi connectivity index (χ4v) is 2.60. The minimum atomic E-state index is -0.158. The van der Waals surface area contributed by atoms with Crippen LogP contribution in [0.1, 0.15) is 22.8 Å². The predicted molar refractivity (Wildman–Crippen MR) is 93.5 cm³/mol. The molecule has 0 radical (unpaired) electrons. The molecule has 0 aliphatic heterocycles. The molecule has 4 heteroatoms. The summed E-state index contributed by atoms with van der Waals surface area (Å²) < 4.78 is 2.04. The lowest BCUT2D eigenvalue weighted by Crippen LogP contribution is -2.35. The summed E-state index contributed by atoms with van der Waals surface area (Å²) in [4.78, 5) is 14.5. The fourth-order valence-electron chi connectivity index (χ4n) is 2.07. The van der Waals surface area contributed by atoms with Gasteiger partial charge in [0, 0.05) is 21.1 Å². The summed E-state index contributed by atoms with van der Waals surface area (Å²) in [6, 6.07) is 15.5. The summed E-state index contributed by atoms with van der Waals surface area (Å²) >= 11 is 6.81. The van der Waals surface area contributed by atoms with E-state index in [1.807, 2.05) is 50.4 Å². The fraction of sp³-hybridized carbons (Fsp3) is 0.235. The number of rotatable bonds is 5. The monoisotopic (exact) mass is 409 g/mol. The summed E-state index contributed by atoms with van der Waals surface area (Å²) in [6.45, 7) is 2.69. The molecule has 2 nitrogen and oxygen atoms in total. The molecule has 0 saturated heterocycles. The van der Waals surface area contributed by atoms with Crippen molar-refractivity contribution in [3.8, 4) is 0 Å². The highest BCUT2D eigenvalue weighted by atomic mass is 79.9. The van der Waals surface area contributed by atoms with Gasteiger partial charge in [0.25, 0.3) is 0 Å². The molecular formula is C17H17Br2NO. The van der Waals surface area contributed by atoms with Crippen molar-refractivity contribution in [2.45, 2.75) is 19.5 Å². The van der Waals surface area contributed by atoms with Gasteiger partial charge in [-0.25, -0.2) is 0 Å². The van der Waals surface area contributed by atoms with E-state index in [2.05, 4.69) is 48.9 Å². The van der Waals surface area contributed by atoms with Crippen LogP contribution in [0.2, 0.25) is 0 Å². The summed E-state index contributed by atoms with van der Waals surface area (Å²) in [7, 11) is 1.98. The van der Waals surface area contributed by atoms with Crippen molar-refractivity contribution in [1.29, 1.82) is 0 Å². The molecule has 0 aliphatic carbocycles. The SMILES string of the molecule is CC(C(=O)c1ccc(Br)cc1)N(C)Cc1ccc(Br)cc1. The molecule has 0 saturated carbocycles. The minimum Gasteiger partial charge on any atom is -0.292 e. The number of hydrogen-bond donors (Lipinski definition) is 0. The summed E-state index contributed by atoms with van der Waals surface area (Å²) in [5, 5.41) is 0. The molecule has 1 atom stereocenters. The van der Waals surface area contributed by atoms with Crippen molar-refractivity contribution in [3.63, 3.8) is 0 Å². The van der Waals surface area contributed by atoms with E-state index in [1.165, 1.54) is 5.56 Å². The molecule has 2 aromatic rings. The van der Waals surface area contributed by atoms with Crippen molar-refractivity contribution in [2.75, 3.05) is 7.05 Å². The normalized spacial score (nSPS) is 12.4. The van der Waals surface area contributed by atoms with Gasteiger partial charge in [0.15, 0.2) is 5.78 Å². The first kappa shape index (κ1) is 16.4. The van der Waals surface area contributed by atoms with Gasteiger partial charge in [0.05, 0.1) is 6.04 Å². The first-order valence-corrected chi connectivity index (χ1v) is 8.30. The van der Waals surface area contributed by atoms with Crippen LogP contribution in [0.3, 0.4) is 0 Å². The Balaban J connectivity index is 2.04. The van der Waals surface area contributed by atoms with Crippen molar-refractivity contribution < 1.29 is 4.79 Å². The molecule has 110 valence electrons.